The van der Waals surface area contributed by atoms with E-state index in [1.165, 1.54) is 0 Å². The number of nitrogens with one attached hydrogen (secondary N) is 1. The summed E-state index contributed by atoms with van der Waals surface area (Å²) in [6, 6.07) is 6.63. The van der Waals surface area contributed by atoms with Gasteiger partial charge >= 0.3 is 0 Å². The Balaban J connectivity index is 2.95. The van der Waals surface area contributed by atoms with Crippen molar-refractivity contribution in [2.75, 3.05) is 12.0 Å². The molecule has 1 aromatic rings. The van der Waals surface area contributed by atoms with Crippen LogP contribution in [0, 0.1) is 0 Å². The summed E-state index contributed by atoms with van der Waals surface area (Å²) >= 11 is 1.61. The molecule has 0 saturated heterocycles. The van der Waals surface area contributed by atoms with E-state index in [2.05, 4.69) is 4.72 Å². The van der Waals surface area contributed by atoms with Gasteiger partial charge in [0.2, 0.25) is 10.0 Å². The van der Waals surface area contributed by atoms with Gasteiger partial charge in [-0.25, -0.2) is 13.1 Å². The summed E-state index contributed by atoms with van der Waals surface area (Å²) in [7, 11) is -3.46. The second-order valence-corrected chi connectivity index (χ2v) is 7.19. The molecule has 0 spiro atoms. The fourth-order valence-electron chi connectivity index (χ4n) is 1.76. The number of hydrogen-bond donors (Lipinski definition) is 2. The van der Waals surface area contributed by atoms with E-state index in [1.54, 1.807) is 30.0 Å². The molecular weight excluding hydrogens is 280 g/mol. The van der Waals surface area contributed by atoms with Gasteiger partial charge in [-0.15, -0.1) is 0 Å². The van der Waals surface area contributed by atoms with Crippen LogP contribution < -0.4 is 10.5 Å². The zero-order chi connectivity index (χ0) is 14.5. The summed E-state index contributed by atoms with van der Waals surface area (Å²) < 4.78 is 27.1. The fraction of sp³-hybridized carbons (Fsp3) is 0.538. The Labute approximate surface area is 120 Å². The minimum absolute atomic E-state index is 0.0940. The lowest BCUT2D eigenvalue weighted by atomic mass is 10.1. The van der Waals surface area contributed by atoms with E-state index in [1.807, 2.05) is 26.2 Å². The zero-order valence-corrected chi connectivity index (χ0v) is 13.2. The lowest BCUT2D eigenvalue weighted by Gasteiger charge is -2.15. The van der Waals surface area contributed by atoms with Gasteiger partial charge < -0.3 is 5.73 Å². The molecule has 0 amide bonds. The third-order valence-electron chi connectivity index (χ3n) is 2.81. The molecule has 4 nitrogen and oxygen atoms in total. The molecule has 108 valence electrons. The molecule has 1 aromatic carbocycles. The van der Waals surface area contributed by atoms with Crippen molar-refractivity contribution in [1.82, 2.24) is 4.72 Å². The highest BCUT2D eigenvalue weighted by Crippen LogP contribution is 2.18. The van der Waals surface area contributed by atoms with Crippen molar-refractivity contribution in [3.8, 4) is 0 Å². The van der Waals surface area contributed by atoms with Gasteiger partial charge in [0, 0.05) is 17.8 Å². The van der Waals surface area contributed by atoms with Gasteiger partial charge in [-0.05, 0) is 37.3 Å². The number of benzene rings is 1. The van der Waals surface area contributed by atoms with E-state index >= 15 is 0 Å². The molecule has 0 radical (unpaired) electrons. The Morgan fingerprint density at radius 2 is 2.11 bits per heavy atom. The third kappa shape index (κ3) is 4.80. The highest BCUT2D eigenvalue weighted by Gasteiger charge is 2.18. The Bertz CT molecular complexity index is 503. The van der Waals surface area contributed by atoms with Crippen LogP contribution in [0.2, 0.25) is 0 Å². The molecule has 3 N–H and O–H groups in total. The number of hydrogen-bond acceptors (Lipinski definition) is 4. The lowest BCUT2D eigenvalue weighted by molar-refractivity contribution is 0.570. The maximum atomic E-state index is 12.2. The van der Waals surface area contributed by atoms with Gasteiger partial charge in [0.1, 0.15) is 0 Å². The summed E-state index contributed by atoms with van der Waals surface area (Å²) in [5, 5.41) is 0. The average Bonchev–Trinajstić information content (AvgIpc) is 2.37. The van der Waals surface area contributed by atoms with E-state index in [9.17, 15) is 8.42 Å². The smallest absolute Gasteiger partial charge is 0.240 e. The molecule has 0 aliphatic rings. The molecule has 19 heavy (non-hydrogen) atoms. The van der Waals surface area contributed by atoms with E-state index in [0.29, 0.717) is 0 Å². The molecule has 0 aliphatic carbocycles. The molecule has 0 heterocycles. The second-order valence-electron chi connectivity index (χ2n) is 4.56. The second kappa shape index (κ2) is 7.28. The van der Waals surface area contributed by atoms with E-state index in [0.717, 1.165) is 17.7 Å². The Hall–Kier alpha value is -0.560. The first-order valence-electron chi connectivity index (χ1n) is 6.27. The Kier molecular flexibility index (Phi) is 6.32. The van der Waals surface area contributed by atoms with Gasteiger partial charge in [-0.3, -0.25) is 0 Å². The van der Waals surface area contributed by atoms with Crippen LogP contribution in [0.15, 0.2) is 29.2 Å². The maximum absolute atomic E-state index is 12.2. The van der Waals surface area contributed by atoms with Crippen LogP contribution in [-0.4, -0.2) is 26.5 Å². The van der Waals surface area contributed by atoms with Crippen molar-refractivity contribution in [1.29, 1.82) is 0 Å². The third-order valence-corrected chi connectivity index (χ3v) is 5.23. The van der Waals surface area contributed by atoms with Gasteiger partial charge in [0.05, 0.1) is 4.90 Å². The summed E-state index contributed by atoms with van der Waals surface area (Å²) in [5.41, 5.74) is 6.79. The molecular formula is C13H22N2O2S2. The van der Waals surface area contributed by atoms with Crippen LogP contribution in [0.5, 0.6) is 0 Å². The minimum Gasteiger partial charge on any atom is -0.324 e. The molecule has 0 saturated carbocycles. The first-order valence-corrected chi connectivity index (χ1v) is 9.15. The standard InChI is InChI=1S/C13H22N2O2S2/c1-4-13(14)11-6-5-7-12(8-11)19(16,17)15-10(2)9-18-3/h5-8,10,13,15H,4,9,14H2,1-3H3. The topological polar surface area (TPSA) is 72.2 Å². The summed E-state index contributed by atoms with van der Waals surface area (Å²) in [6.07, 6.45) is 2.73. The van der Waals surface area contributed by atoms with E-state index < -0.39 is 10.0 Å². The van der Waals surface area contributed by atoms with Crippen LogP contribution in [0.4, 0.5) is 0 Å². The monoisotopic (exact) mass is 302 g/mol. The first-order chi connectivity index (χ1) is 8.90. The van der Waals surface area contributed by atoms with Crippen molar-refractivity contribution >= 4 is 21.8 Å². The predicted octanol–water partition coefficient (Wildman–Crippen LogP) is 2.13. The van der Waals surface area contributed by atoms with Crippen LogP contribution in [-0.2, 0) is 10.0 Å². The van der Waals surface area contributed by atoms with Gasteiger partial charge in [-0.2, -0.15) is 11.8 Å². The fourth-order valence-corrected chi connectivity index (χ4v) is 3.75. The normalized spacial score (nSPS) is 15.2. The molecule has 0 bridgehead atoms. The Morgan fingerprint density at radius 1 is 1.42 bits per heavy atom. The SMILES string of the molecule is CCC(N)c1cccc(S(=O)(=O)NC(C)CSC)c1. The van der Waals surface area contributed by atoms with Crippen molar-refractivity contribution in [3.05, 3.63) is 29.8 Å². The number of thioether (sulfide) groups is 1. The average molecular weight is 302 g/mol. The van der Waals surface area contributed by atoms with Crippen LogP contribution in [0.25, 0.3) is 0 Å². The molecule has 0 aliphatic heterocycles. The quantitative estimate of drug-likeness (QED) is 0.809. The van der Waals surface area contributed by atoms with Gasteiger partial charge in [0.15, 0.2) is 0 Å². The molecule has 2 atom stereocenters. The molecule has 6 heteroatoms. The highest BCUT2D eigenvalue weighted by atomic mass is 32.2. The van der Waals surface area contributed by atoms with Gasteiger partial charge in [-0.1, -0.05) is 19.1 Å². The van der Waals surface area contributed by atoms with Crippen molar-refractivity contribution in [2.45, 2.75) is 37.2 Å². The molecule has 0 aromatic heterocycles. The molecule has 0 fully saturated rings. The number of rotatable bonds is 7. The summed E-state index contributed by atoms with van der Waals surface area (Å²) in [5.74, 6) is 0.743. The van der Waals surface area contributed by atoms with Gasteiger partial charge in [0.25, 0.3) is 0 Å². The zero-order valence-electron chi connectivity index (χ0n) is 11.6. The lowest BCUT2D eigenvalue weighted by Crippen LogP contribution is -2.34. The number of nitrogens with two attached hydrogens (primary N) is 1. The predicted molar refractivity (Wildman–Crippen MR) is 81.8 cm³/mol. The van der Waals surface area contributed by atoms with Crippen LogP contribution in [0.3, 0.4) is 0 Å². The van der Waals surface area contributed by atoms with Crippen LogP contribution in [0.1, 0.15) is 31.9 Å². The first kappa shape index (κ1) is 16.5. The largest absolute Gasteiger partial charge is 0.324 e. The van der Waals surface area contributed by atoms with Crippen molar-refractivity contribution in [2.24, 2.45) is 5.73 Å². The minimum atomic E-state index is -3.46. The van der Waals surface area contributed by atoms with E-state index in [-0.39, 0.29) is 17.0 Å². The number of sulfonamides is 1. The Morgan fingerprint density at radius 3 is 2.68 bits per heavy atom. The molecule has 2 unspecified atom stereocenters. The van der Waals surface area contributed by atoms with Crippen molar-refractivity contribution < 1.29 is 8.42 Å². The summed E-state index contributed by atoms with van der Waals surface area (Å²) in [4.78, 5) is 0.279. The maximum Gasteiger partial charge on any atom is 0.240 e. The van der Waals surface area contributed by atoms with Crippen LogP contribution >= 0.6 is 11.8 Å². The summed E-state index contributed by atoms with van der Waals surface area (Å²) in [6.45, 7) is 3.83. The van der Waals surface area contributed by atoms with E-state index in [4.69, 9.17) is 5.73 Å². The molecule has 1 rings (SSSR count). The highest BCUT2D eigenvalue weighted by molar-refractivity contribution is 7.98. The van der Waals surface area contributed by atoms with Crippen molar-refractivity contribution in [3.63, 3.8) is 0 Å².